The highest BCUT2D eigenvalue weighted by atomic mass is 79.9. The van der Waals surface area contributed by atoms with E-state index in [0.717, 1.165) is 16.8 Å². The van der Waals surface area contributed by atoms with Crippen molar-refractivity contribution in [1.82, 2.24) is 0 Å². The molecule has 0 aliphatic rings. The zero-order chi connectivity index (χ0) is 14.7. The first-order chi connectivity index (χ1) is 9.49. The van der Waals surface area contributed by atoms with Crippen molar-refractivity contribution in [2.45, 2.75) is 12.5 Å². The SMILES string of the molecule is CN(C)c1cccc(C(O)Cc2cccc(F)c2Br)c1. The Kier molecular flexibility index (Phi) is 4.78. The van der Waals surface area contributed by atoms with Crippen molar-refractivity contribution >= 4 is 21.6 Å². The van der Waals surface area contributed by atoms with Gasteiger partial charge in [-0.3, -0.25) is 0 Å². The van der Waals surface area contributed by atoms with Crippen molar-refractivity contribution in [2.24, 2.45) is 0 Å². The molecule has 2 aromatic carbocycles. The fourth-order valence-corrected chi connectivity index (χ4v) is 2.47. The molecule has 0 radical (unpaired) electrons. The van der Waals surface area contributed by atoms with Crippen LogP contribution < -0.4 is 4.90 Å². The van der Waals surface area contributed by atoms with Gasteiger partial charge in [-0.2, -0.15) is 0 Å². The summed E-state index contributed by atoms with van der Waals surface area (Å²) in [6.07, 6.45) is -0.289. The van der Waals surface area contributed by atoms with E-state index in [-0.39, 0.29) is 5.82 Å². The summed E-state index contributed by atoms with van der Waals surface area (Å²) in [5.74, 6) is -0.309. The van der Waals surface area contributed by atoms with Gasteiger partial charge in [0.05, 0.1) is 10.6 Å². The lowest BCUT2D eigenvalue weighted by Crippen LogP contribution is -2.10. The molecule has 0 saturated carbocycles. The Bertz CT molecular complexity index is 601. The number of nitrogens with zero attached hydrogens (tertiary/aromatic N) is 1. The molecule has 0 bridgehead atoms. The van der Waals surface area contributed by atoms with E-state index in [9.17, 15) is 9.50 Å². The average molecular weight is 338 g/mol. The van der Waals surface area contributed by atoms with E-state index >= 15 is 0 Å². The number of rotatable bonds is 4. The zero-order valence-corrected chi connectivity index (χ0v) is 13.1. The fraction of sp³-hybridized carbons (Fsp3) is 0.250. The summed E-state index contributed by atoms with van der Waals surface area (Å²) in [6, 6.07) is 12.6. The molecule has 0 fully saturated rings. The molecule has 20 heavy (non-hydrogen) atoms. The van der Waals surface area contributed by atoms with Crippen LogP contribution in [0, 0.1) is 5.82 Å². The quantitative estimate of drug-likeness (QED) is 0.913. The minimum atomic E-state index is -0.659. The molecule has 2 rings (SSSR count). The summed E-state index contributed by atoms with van der Waals surface area (Å²) in [5.41, 5.74) is 2.61. The van der Waals surface area contributed by atoms with Gasteiger partial charge in [0.2, 0.25) is 0 Å². The molecule has 2 aromatic rings. The third-order valence-corrected chi connectivity index (χ3v) is 4.10. The van der Waals surface area contributed by atoms with Crippen LogP contribution in [-0.4, -0.2) is 19.2 Å². The van der Waals surface area contributed by atoms with Crippen molar-refractivity contribution in [3.05, 3.63) is 63.9 Å². The lowest BCUT2D eigenvalue weighted by Gasteiger charge is -2.17. The Morgan fingerprint density at radius 1 is 1.20 bits per heavy atom. The Morgan fingerprint density at radius 2 is 1.90 bits per heavy atom. The molecule has 0 aromatic heterocycles. The smallest absolute Gasteiger partial charge is 0.137 e. The molecular formula is C16H17BrFNO. The molecule has 0 amide bonds. The topological polar surface area (TPSA) is 23.5 Å². The molecule has 2 nitrogen and oxygen atoms in total. The highest BCUT2D eigenvalue weighted by Gasteiger charge is 2.13. The van der Waals surface area contributed by atoms with Crippen LogP contribution in [-0.2, 0) is 6.42 Å². The lowest BCUT2D eigenvalue weighted by molar-refractivity contribution is 0.178. The minimum Gasteiger partial charge on any atom is -0.388 e. The van der Waals surface area contributed by atoms with Crippen molar-refractivity contribution < 1.29 is 9.50 Å². The molecule has 1 atom stereocenters. The van der Waals surface area contributed by atoms with Crippen molar-refractivity contribution in [1.29, 1.82) is 0 Å². The fourth-order valence-electron chi connectivity index (χ4n) is 2.04. The van der Waals surface area contributed by atoms with Gasteiger partial charge in [0.25, 0.3) is 0 Å². The van der Waals surface area contributed by atoms with Crippen LogP contribution in [0.2, 0.25) is 0 Å². The third kappa shape index (κ3) is 3.38. The lowest BCUT2D eigenvalue weighted by atomic mass is 10.0. The molecule has 1 N–H and O–H groups in total. The number of hydrogen-bond acceptors (Lipinski definition) is 2. The van der Waals surface area contributed by atoms with E-state index in [1.54, 1.807) is 6.07 Å². The number of aliphatic hydroxyl groups excluding tert-OH is 1. The highest BCUT2D eigenvalue weighted by Crippen LogP contribution is 2.27. The van der Waals surface area contributed by atoms with Crippen LogP contribution in [0.3, 0.4) is 0 Å². The van der Waals surface area contributed by atoms with E-state index < -0.39 is 6.10 Å². The maximum atomic E-state index is 13.5. The van der Waals surface area contributed by atoms with Gasteiger partial charge in [0, 0.05) is 26.2 Å². The van der Waals surface area contributed by atoms with Gasteiger partial charge in [-0.1, -0.05) is 24.3 Å². The summed E-state index contributed by atoms with van der Waals surface area (Å²) in [4.78, 5) is 1.98. The van der Waals surface area contributed by atoms with Crippen LogP contribution >= 0.6 is 15.9 Å². The molecule has 0 aliphatic heterocycles. The maximum absolute atomic E-state index is 13.5. The predicted octanol–water partition coefficient (Wildman–Crippen LogP) is 3.93. The molecule has 0 saturated heterocycles. The van der Waals surface area contributed by atoms with Crippen molar-refractivity contribution in [3.63, 3.8) is 0 Å². The second-order valence-corrected chi connectivity index (χ2v) is 5.72. The van der Waals surface area contributed by atoms with Crippen LogP contribution in [0.1, 0.15) is 17.2 Å². The first kappa shape index (κ1) is 15.0. The highest BCUT2D eigenvalue weighted by molar-refractivity contribution is 9.10. The van der Waals surface area contributed by atoms with Gasteiger partial charge in [-0.25, -0.2) is 4.39 Å². The Balaban J connectivity index is 2.21. The summed E-state index contributed by atoms with van der Waals surface area (Å²) in [7, 11) is 3.91. The summed E-state index contributed by atoms with van der Waals surface area (Å²) < 4.78 is 13.9. The standard InChI is InChI=1S/C16H17BrFNO/c1-19(2)13-7-3-5-11(9-13)15(20)10-12-6-4-8-14(18)16(12)17/h3-9,15,20H,10H2,1-2H3. The van der Waals surface area contributed by atoms with E-state index in [0.29, 0.717) is 10.9 Å². The van der Waals surface area contributed by atoms with Crippen molar-refractivity contribution in [2.75, 3.05) is 19.0 Å². The van der Waals surface area contributed by atoms with Crippen LogP contribution in [0.25, 0.3) is 0 Å². The summed E-state index contributed by atoms with van der Waals surface area (Å²) in [5, 5.41) is 10.3. The molecule has 106 valence electrons. The first-order valence-corrected chi connectivity index (χ1v) is 7.16. The monoisotopic (exact) mass is 337 g/mol. The average Bonchev–Trinajstić information content (AvgIpc) is 2.44. The Labute approximate surface area is 127 Å². The van der Waals surface area contributed by atoms with E-state index in [1.807, 2.05) is 49.3 Å². The van der Waals surface area contributed by atoms with Gasteiger partial charge >= 0.3 is 0 Å². The molecule has 0 aliphatic carbocycles. The largest absolute Gasteiger partial charge is 0.388 e. The second kappa shape index (κ2) is 6.37. The van der Waals surface area contributed by atoms with Crippen LogP contribution in [0.4, 0.5) is 10.1 Å². The summed E-state index contributed by atoms with van der Waals surface area (Å²) >= 11 is 3.22. The van der Waals surface area contributed by atoms with Crippen LogP contribution in [0.5, 0.6) is 0 Å². The Morgan fingerprint density at radius 3 is 2.60 bits per heavy atom. The maximum Gasteiger partial charge on any atom is 0.137 e. The first-order valence-electron chi connectivity index (χ1n) is 6.37. The van der Waals surface area contributed by atoms with Crippen LogP contribution in [0.15, 0.2) is 46.9 Å². The number of halogens is 2. The molecule has 1 unspecified atom stereocenters. The number of anilines is 1. The third-order valence-electron chi connectivity index (χ3n) is 3.22. The van der Waals surface area contributed by atoms with Gasteiger partial charge < -0.3 is 10.0 Å². The summed E-state index contributed by atoms with van der Waals surface area (Å²) in [6.45, 7) is 0. The zero-order valence-electron chi connectivity index (χ0n) is 11.5. The Hall–Kier alpha value is -1.39. The van der Waals surface area contributed by atoms with Gasteiger partial charge in [0.1, 0.15) is 5.82 Å². The van der Waals surface area contributed by atoms with E-state index in [4.69, 9.17) is 0 Å². The normalized spacial score (nSPS) is 12.2. The predicted molar refractivity (Wildman–Crippen MR) is 83.5 cm³/mol. The molecule has 0 heterocycles. The molecule has 4 heteroatoms. The van der Waals surface area contributed by atoms with Crippen molar-refractivity contribution in [3.8, 4) is 0 Å². The van der Waals surface area contributed by atoms with E-state index in [1.165, 1.54) is 6.07 Å². The number of aliphatic hydroxyl groups is 1. The molecular weight excluding hydrogens is 321 g/mol. The van der Waals surface area contributed by atoms with Gasteiger partial charge in [-0.05, 0) is 45.3 Å². The minimum absolute atomic E-state index is 0.309. The van der Waals surface area contributed by atoms with Gasteiger partial charge in [-0.15, -0.1) is 0 Å². The van der Waals surface area contributed by atoms with E-state index in [2.05, 4.69) is 15.9 Å². The number of benzene rings is 2. The van der Waals surface area contributed by atoms with Gasteiger partial charge in [0.15, 0.2) is 0 Å². The molecule has 0 spiro atoms. The number of hydrogen-bond donors (Lipinski definition) is 1. The second-order valence-electron chi connectivity index (χ2n) is 4.92.